The maximum absolute atomic E-state index is 11.9. The molecule has 1 fully saturated rings. The van der Waals surface area contributed by atoms with E-state index in [-0.39, 0.29) is 12.0 Å². The van der Waals surface area contributed by atoms with Crippen LogP contribution in [0.15, 0.2) is 24.3 Å². The van der Waals surface area contributed by atoms with Gasteiger partial charge in [-0.15, -0.1) is 0 Å². The second kappa shape index (κ2) is 7.04. The summed E-state index contributed by atoms with van der Waals surface area (Å²) in [5, 5.41) is 11.6. The van der Waals surface area contributed by atoms with Crippen molar-refractivity contribution < 1.29 is 9.53 Å². The number of hydrogen-bond donors (Lipinski definition) is 1. The van der Waals surface area contributed by atoms with Crippen molar-refractivity contribution in [2.75, 3.05) is 31.6 Å². The lowest BCUT2D eigenvalue weighted by Gasteiger charge is -2.30. The number of hydrogen-bond acceptors (Lipinski definition) is 4. The minimum Gasteiger partial charge on any atom is -0.376 e. The Morgan fingerprint density at radius 1 is 1.60 bits per heavy atom. The van der Waals surface area contributed by atoms with Gasteiger partial charge in [-0.2, -0.15) is 5.26 Å². The van der Waals surface area contributed by atoms with Crippen molar-refractivity contribution >= 4 is 11.6 Å². The highest BCUT2D eigenvalue weighted by Gasteiger charge is 2.17. The van der Waals surface area contributed by atoms with Crippen molar-refractivity contribution in [2.24, 2.45) is 0 Å². The quantitative estimate of drug-likeness (QED) is 0.905. The fraction of sp³-hybridized carbons (Fsp3) is 0.467. The van der Waals surface area contributed by atoms with Crippen molar-refractivity contribution in [1.29, 1.82) is 5.26 Å². The average Bonchev–Trinajstić information content (AvgIpc) is 2.45. The van der Waals surface area contributed by atoms with Gasteiger partial charge in [0.1, 0.15) is 0 Å². The number of benzene rings is 1. The maximum Gasteiger partial charge on any atom is 0.225 e. The summed E-state index contributed by atoms with van der Waals surface area (Å²) in [6, 6.07) is 8.99. The monoisotopic (exact) mass is 273 g/mol. The molecule has 5 nitrogen and oxygen atoms in total. The Morgan fingerprint density at radius 3 is 3.20 bits per heavy atom. The molecule has 0 saturated carbocycles. The summed E-state index contributed by atoms with van der Waals surface area (Å²) in [5.74, 6) is -0.0285. The molecule has 20 heavy (non-hydrogen) atoms. The average molecular weight is 273 g/mol. The number of nitriles is 1. The van der Waals surface area contributed by atoms with Gasteiger partial charge in [-0.05, 0) is 25.1 Å². The Morgan fingerprint density at radius 2 is 2.45 bits per heavy atom. The van der Waals surface area contributed by atoms with Gasteiger partial charge in [-0.25, -0.2) is 0 Å². The minimum absolute atomic E-state index is 0.0285. The molecule has 1 aromatic carbocycles. The van der Waals surface area contributed by atoms with Crippen LogP contribution < -0.4 is 5.32 Å². The molecule has 106 valence electrons. The van der Waals surface area contributed by atoms with Crippen LogP contribution in [0.1, 0.15) is 18.9 Å². The number of anilines is 1. The van der Waals surface area contributed by atoms with E-state index in [1.165, 1.54) is 0 Å². The second-order valence-corrected chi connectivity index (χ2v) is 4.97. The van der Waals surface area contributed by atoms with Crippen LogP contribution in [0.5, 0.6) is 0 Å². The lowest BCUT2D eigenvalue weighted by molar-refractivity contribution is -0.117. The second-order valence-electron chi connectivity index (χ2n) is 4.97. The molecular weight excluding hydrogens is 254 g/mol. The summed E-state index contributed by atoms with van der Waals surface area (Å²) in [4.78, 5) is 14.1. The Balaban J connectivity index is 1.79. The van der Waals surface area contributed by atoms with Crippen molar-refractivity contribution in [3.05, 3.63) is 29.8 Å². The number of carbonyl (C=O) groups excluding carboxylic acids is 1. The maximum atomic E-state index is 11.9. The molecule has 0 aliphatic carbocycles. The Labute approximate surface area is 119 Å². The molecule has 0 spiro atoms. The molecule has 2 rings (SSSR count). The first-order valence-electron chi connectivity index (χ1n) is 6.81. The highest BCUT2D eigenvalue weighted by Crippen LogP contribution is 2.10. The largest absolute Gasteiger partial charge is 0.376 e. The molecule has 0 radical (unpaired) electrons. The number of morpholine rings is 1. The first kappa shape index (κ1) is 14.5. The van der Waals surface area contributed by atoms with Crippen LogP contribution in [-0.4, -0.2) is 43.2 Å². The predicted molar refractivity (Wildman–Crippen MR) is 76.3 cm³/mol. The highest BCUT2D eigenvalue weighted by molar-refractivity contribution is 5.90. The molecule has 1 aromatic rings. The summed E-state index contributed by atoms with van der Waals surface area (Å²) in [6.07, 6.45) is 0.683. The van der Waals surface area contributed by atoms with E-state index in [4.69, 9.17) is 10.00 Å². The van der Waals surface area contributed by atoms with Crippen LogP contribution in [0.4, 0.5) is 5.69 Å². The summed E-state index contributed by atoms with van der Waals surface area (Å²) in [5.41, 5.74) is 1.22. The lowest BCUT2D eigenvalue weighted by Crippen LogP contribution is -2.42. The zero-order valence-electron chi connectivity index (χ0n) is 11.6. The number of nitrogens with one attached hydrogen (secondary N) is 1. The van der Waals surface area contributed by atoms with E-state index in [1.807, 2.05) is 6.92 Å². The third-order valence-electron chi connectivity index (χ3n) is 3.26. The normalized spacial score (nSPS) is 19.3. The fourth-order valence-electron chi connectivity index (χ4n) is 2.24. The molecular formula is C15H19N3O2. The fourth-order valence-corrected chi connectivity index (χ4v) is 2.24. The van der Waals surface area contributed by atoms with Gasteiger partial charge in [-0.3, -0.25) is 9.69 Å². The first-order chi connectivity index (χ1) is 9.67. The minimum atomic E-state index is -0.0285. The van der Waals surface area contributed by atoms with Crippen LogP contribution in [0.2, 0.25) is 0 Å². The molecule has 1 atom stereocenters. The summed E-state index contributed by atoms with van der Waals surface area (Å²) < 4.78 is 5.46. The van der Waals surface area contributed by atoms with Gasteiger partial charge in [0.2, 0.25) is 5.91 Å². The van der Waals surface area contributed by atoms with Crippen molar-refractivity contribution in [2.45, 2.75) is 19.4 Å². The number of ether oxygens (including phenoxy) is 1. The summed E-state index contributed by atoms with van der Waals surface area (Å²) >= 11 is 0. The topological polar surface area (TPSA) is 65.4 Å². The van der Waals surface area contributed by atoms with Crippen molar-refractivity contribution in [1.82, 2.24) is 4.90 Å². The summed E-state index contributed by atoms with van der Waals surface area (Å²) in [7, 11) is 0. The van der Waals surface area contributed by atoms with E-state index in [2.05, 4.69) is 16.3 Å². The number of carbonyl (C=O) groups is 1. The molecule has 1 N–H and O–H groups in total. The molecule has 0 aromatic heterocycles. The van der Waals surface area contributed by atoms with Crippen LogP contribution in [0.3, 0.4) is 0 Å². The van der Waals surface area contributed by atoms with Crippen LogP contribution in [0, 0.1) is 11.3 Å². The highest BCUT2D eigenvalue weighted by atomic mass is 16.5. The first-order valence-corrected chi connectivity index (χ1v) is 6.81. The van der Waals surface area contributed by atoms with Crippen molar-refractivity contribution in [3.63, 3.8) is 0 Å². The number of rotatable bonds is 4. The van der Waals surface area contributed by atoms with E-state index in [1.54, 1.807) is 24.3 Å². The van der Waals surface area contributed by atoms with E-state index in [0.717, 1.165) is 26.2 Å². The van der Waals surface area contributed by atoms with E-state index in [9.17, 15) is 4.79 Å². The summed E-state index contributed by atoms with van der Waals surface area (Å²) in [6.45, 7) is 5.25. The van der Waals surface area contributed by atoms with Gasteiger partial charge in [0.25, 0.3) is 0 Å². The van der Waals surface area contributed by atoms with Gasteiger partial charge in [0.15, 0.2) is 0 Å². The zero-order chi connectivity index (χ0) is 14.4. The Hall–Kier alpha value is -1.90. The molecule has 1 amide bonds. The Bertz CT molecular complexity index is 510. The zero-order valence-corrected chi connectivity index (χ0v) is 11.6. The van der Waals surface area contributed by atoms with Crippen molar-refractivity contribution in [3.8, 4) is 6.07 Å². The molecule has 1 unspecified atom stereocenters. The SMILES string of the molecule is CC1CN(CCC(=O)Nc2cccc(C#N)c2)CCO1. The number of amides is 1. The molecule has 1 heterocycles. The van der Waals surface area contributed by atoms with Crippen LogP contribution >= 0.6 is 0 Å². The van der Waals surface area contributed by atoms with Gasteiger partial charge in [0.05, 0.1) is 24.3 Å². The number of nitrogens with zero attached hydrogens (tertiary/aromatic N) is 2. The lowest BCUT2D eigenvalue weighted by atomic mass is 10.2. The molecule has 1 saturated heterocycles. The molecule has 1 aliphatic rings. The third-order valence-corrected chi connectivity index (χ3v) is 3.26. The third kappa shape index (κ3) is 4.34. The van der Waals surface area contributed by atoms with E-state index in [0.29, 0.717) is 17.7 Å². The smallest absolute Gasteiger partial charge is 0.225 e. The van der Waals surface area contributed by atoms with Gasteiger partial charge in [0, 0.05) is 31.7 Å². The van der Waals surface area contributed by atoms with Crippen LogP contribution in [0.25, 0.3) is 0 Å². The van der Waals surface area contributed by atoms with E-state index < -0.39 is 0 Å². The van der Waals surface area contributed by atoms with Gasteiger partial charge >= 0.3 is 0 Å². The molecule has 0 bridgehead atoms. The van der Waals surface area contributed by atoms with E-state index >= 15 is 0 Å². The Kier molecular flexibility index (Phi) is 5.10. The van der Waals surface area contributed by atoms with Gasteiger partial charge in [-0.1, -0.05) is 6.07 Å². The predicted octanol–water partition coefficient (Wildman–Crippen LogP) is 1.61. The van der Waals surface area contributed by atoms with Crippen LogP contribution in [-0.2, 0) is 9.53 Å². The standard InChI is InChI=1S/C15H19N3O2/c1-12-11-18(7-8-20-12)6-5-15(19)17-14-4-2-3-13(9-14)10-16/h2-4,9,12H,5-8,11H2,1H3,(H,17,19). The van der Waals surface area contributed by atoms with Gasteiger partial charge < -0.3 is 10.1 Å². The molecule has 5 heteroatoms. The molecule has 1 aliphatic heterocycles.